The summed E-state index contributed by atoms with van der Waals surface area (Å²) in [7, 11) is 0. The molecule has 0 saturated carbocycles. The van der Waals surface area contributed by atoms with Gasteiger partial charge in [-0.15, -0.1) is 0 Å². The topological polar surface area (TPSA) is 111 Å². The molecule has 8 nitrogen and oxygen atoms in total. The Morgan fingerprint density at radius 3 is 1.84 bits per heavy atom. The molecular weight excluding hydrogens is 398 g/mol. The molecule has 0 aliphatic heterocycles. The van der Waals surface area contributed by atoms with E-state index in [0.29, 0.717) is 0 Å². The maximum atomic E-state index is 12.9. The van der Waals surface area contributed by atoms with Gasteiger partial charge in [0, 0.05) is 6.07 Å². The zero-order valence-corrected chi connectivity index (χ0v) is 16.7. The Bertz CT molecular complexity index is 1020. The van der Waals surface area contributed by atoms with Gasteiger partial charge in [-0.25, -0.2) is 0 Å². The summed E-state index contributed by atoms with van der Waals surface area (Å²) in [5.74, 6) is -1.74. The number of carbonyl (C=O) groups is 2. The lowest BCUT2D eigenvalue weighted by Gasteiger charge is -2.19. The lowest BCUT2D eigenvalue weighted by atomic mass is 9.91. The number of nitro benzene ring substituents is 1. The molecule has 2 amide bonds. The van der Waals surface area contributed by atoms with Crippen molar-refractivity contribution in [1.29, 1.82) is 0 Å². The van der Waals surface area contributed by atoms with E-state index in [1.54, 1.807) is 6.07 Å². The third-order valence-corrected chi connectivity index (χ3v) is 4.57. The normalized spacial score (nSPS) is 11.4. The predicted molar refractivity (Wildman–Crippen MR) is 114 cm³/mol. The molecule has 0 aliphatic rings. The molecule has 3 aromatic rings. The van der Waals surface area contributed by atoms with Crippen molar-refractivity contribution in [3.8, 4) is 5.75 Å². The van der Waals surface area contributed by atoms with Crippen molar-refractivity contribution in [2.24, 2.45) is 0 Å². The van der Waals surface area contributed by atoms with Gasteiger partial charge in [0.05, 0.1) is 10.8 Å². The molecule has 0 saturated heterocycles. The molecule has 0 fully saturated rings. The van der Waals surface area contributed by atoms with E-state index in [9.17, 15) is 19.7 Å². The first kappa shape index (κ1) is 21.5. The lowest BCUT2D eigenvalue weighted by Crippen LogP contribution is -2.48. The summed E-state index contributed by atoms with van der Waals surface area (Å²) in [4.78, 5) is 35.8. The summed E-state index contributed by atoms with van der Waals surface area (Å²) in [6.07, 6.45) is -1.08. The van der Waals surface area contributed by atoms with E-state index in [0.717, 1.165) is 11.1 Å². The number of amides is 2. The number of para-hydroxylation sites is 2. The van der Waals surface area contributed by atoms with Gasteiger partial charge in [0.1, 0.15) is 0 Å². The SMILES string of the molecule is CC(Oc1ccccc1[N+](=O)[O-])C(=O)NNC(=O)C(c1ccccc1)c1ccccc1. The third-order valence-electron chi connectivity index (χ3n) is 4.57. The molecule has 31 heavy (non-hydrogen) atoms. The molecular formula is C23H21N3O5. The molecule has 0 bridgehead atoms. The Labute approximate surface area is 179 Å². The molecule has 8 heteroatoms. The van der Waals surface area contributed by atoms with E-state index in [1.165, 1.54) is 25.1 Å². The number of nitro groups is 1. The molecule has 3 aromatic carbocycles. The number of carbonyl (C=O) groups excluding carboxylic acids is 2. The van der Waals surface area contributed by atoms with E-state index in [-0.39, 0.29) is 11.4 Å². The minimum absolute atomic E-state index is 0.0343. The first-order chi connectivity index (χ1) is 15.0. The number of rotatable bonds is 7. The molecule has 2 N–H and O–H groups in total. The Morgan fingerprint density at radius 2 is 1.29 bits per heavy atom. The van der Waals surface area contributed by atoms with Crippen LogP contribution in [0.3, 0.4) is 0 Å². The van der Waals surface area contributed by atoms with Crippen LogP contribution < -0.4 is 15.6 Å². The second-order valence-electron chi connectivity index (χ2n) is 6.72. The maximum Gasteiger partial charge on any atom is 0.310 e. The van der Waals surface area contributed by atoms with Gasteiger partial charge in [0.15, 0.2) is 11.9 Å². The van der Waals surface area contributed by atoms with Crippen molar-refractivity contribution in [3.05, 3.63) is 106 Å². The Balaban J connectivity index is 1.68. The van der Waals surface area contributed by atoms with Crippen molar-refractivity contribution >= 4 is 17.5 Å². The number of ether oxygens (including phenoxy) is 1. The van der Waals surface area contributed by atoms with Gasteiger partial charge in [-0.05, 0) is 24.1 Å². The Hall–Kier alpha value is -4.20. The number of hydrogen-bond acceptors (Lipinski definition) is 5. The van der Waals surface area contributed by atoms with Crippen molar-refractivity contribution in [3.63, 3.8) is 0 Å². The second kappa shape index (κ2) is 10.0. The quantitative estimate of drug-likeness (QED) is 0.451. The average molecular weight is 419 g/mol. The van der Waals surface area contributed by atoms with Crippen molar-refractivity contribution in [1.82, 2.24) is 10.9 Å². The summed E-state index contributed by atoms with van der Waals surface area (Å²) in [6, 6.07) is 24.1. The van der Waals surface area contributed by atoms with Gasteiger partial charge in [0.2, 0.25) is 5.91 Å². The zero-order valence-electron chi connectivity index (χ0n) is 16.7. The Kier molecular flexibility index (Phi) is 6.95. The van der Waals surface area contributed by atoms with Crippen molar-refractivity contribution < 1.29 is 19.2 Å². The van der Waals surface area contributed by atoms with Crippen LogP contribution in [0.1, 0.15) is 24.0 Å². The summed E-state index contributed by atoms with van der Waals surface area (Å²) in [6.45, 7) is 1.43. The molecule has 0 aliphatic carbocycles. The molecule has 158 valence electrons. The summed E-state index contributed by atoms with van der Waals surface area (Å²) in [5, 5.41) is 11.1. The molecule has 0 spiro atoms. The smallest absolute Gasteiger partial charge is 0.310 e. The van der Waals surface area contributed by atoms with E-state index < -0.39 is 28.8 Å². The van der Waals surface area contributed by atoms with Crippen LogP contribution in [0.2, 0.25) is 0 Å². The zero-order chi connectivity index (χ0) is 22.2. The van der Waals surface area contributed by atoms with Gasteiger partial charge in [0.25, 0.3) is 5.91 Å². The minimum Gasteiger partial charge on any atom is -0.474 e. The first-order valence-electron chi connectivity index (χ1n) is 9.57. The highest BCUT2D eigenvalue weighted by Crippen LogP contribution is 2.27. The predicted octanol–water partition coefficient (Wildman–Crippen LogP) is 3.34. The lowest BCUT2D eigenvalue weighted by molar-refractivity contribution is -0.386. The number of nitrogens with one attached hydrogen (secondary N) is 2. The highest BCUT2D eigenvalue weighted by Gasteiger charge is 2.25. The van der Waals surface area contributed by atoms with Crippen LogP contribution in [0, 0.1) is 10.1 Å². The van der Waals surface area contributed by atoms with Crippen LogP contribution in [0.4, 0.5) is 5.69 Å². The van der Waals surface area contributed by atoms with Crippen LogP contribution in [0.5, 0.6) is 5.75 Å². The number of hydrogen-bond donors (Lipinski definition) is 2. The minimum atomic E-state index is -1.08. The fourth-order valence-corrected chi connectivity index (χ4v) is 3.03. The maximum absolute atomic E-state index is 12.9. The fraction of sp³-hybridized carbons (Fsp3) is 0.130. The van der Waals surface area contributed by atoms with Crippen LogP contribution >= 0.6 is 0 Å². The average Bonchev–Trinajstić information content (AvgIpc) is 2.79. The third kappa shape index (κ3) is 5.45. The molecule has 1 atom stereocenters. The van der Waals surface area contributed by atoms with Gasteiger partial charge in [-0.1, -0.05) is 72.8 Å². The molecule has 3 rings (SSSR count). The standard InChI is InChI=1S/C23H21N3O5/c1-16(31-20-15-9-8-14-19(20)26(29)30)22(27)24-25-23(28)21(17-10-4-2-5-11-17)18-12-6-3-7-13-18/h2-16,21H,1H3,(H,24,27)(H,25,28). The molecule has 0 heterocycles. The molecule has 0 aromatic heterocycles. The van der Waals surface area contributed by atoms with E-state index in [2.05, 4.69) is 10.9 Å². The second-order valence-corrected chi connectivity index (χ2v) is 6.72. The summed E-state index contributed by atoms with van der Waals surface area (Å²) < 4.78 is 5.43. The van der Waals surface area contributed by atoms with E-state index in [1.807, 2.05) is 60.7 Å². The van der Waals surface area contributed by atoms with Crippen LogP contribution in [-0.2, 0) is 9.59 Å². The highest BCUT2D eigenvalue weighted by atomic mass is 16.6. The van der Waals surface area contributed by atoms with E-state index >= 15 is 0 Å². The summed E-state index contributed by atoms with van der Waals surface area (Å²) >= 11 is 0. The summed E-state index contributed by atoms with van der Waals surface area (Å²) in [5.41, 5.74) is 6.05. The van der Waals surface area contributed by atoms with E-state index in [4.69, 9.17) is 4.74 Å². The number of hydrazine groups is 1. The van der Waals surface area contributed by atoms with Gasteiger partial charge >= 0.3 is 5.69 Å². The van der Waals surface area contributed by atoms with Gasteiger partial charge in [-0.3, -0.25) is 30.6 Å². The molecule has 1 unspecified atom stereocenters. The largest absolute Gasteiger partial charge is 0.474 e. The Morgan fingerprint density at radius 1 is 0.806 bits per heavy atom. The highest BCUT2D eigenvalue weighted by molar-refractivity contribution is 5.90. The van der Waals surface area contributed by atoms with Crippen LogP contribution in [0.25, 0.3) is 0 Å². The van der Waals surface area contributed by atoms with Crippen LogP contribution in [-0.4, -0.2) is 22.8 Å². The monoisotopic (exact) mass is 419 g/mol. The van der Waals surface area contributed by atoms with Crippen LogP contribution in [0.15, 0.2) is 84.9 Å². The van der Waals surface area contributed by atoms with Gasteiger partial charge in [-0.2, -0.15) is 0 Å². The molecule has 0 radical (unpaired) electrons. The van der Waals surface area contributed by atoms with Crippen molar-refractivity contribution in [2.45, 2.75) is 18.9 Å². The first-order valence-corrected chi connectivity index (χ1v) is 9.57. The fourth-order valence-electron chi connectivity index (χ4n) is 3.03. The number of benzene rings is 3. The van der Waals surface area contributed by atoms with Crippen molar-refractivity contribution in [2.75, 3.05) is 0 Å². The van der Waals surface area contributed by atoms with Gasteiger partial charge < -0.3 is 4.74 Å². The number of nitrogens with zero attached hydrogens (tertiary/aromatic N) is 1.